The third kappa shape index (κ3) is 2.59. The normalized spacial score (nSPS) is 52.7. The molecule has 1 unspecified atom stereocenters. The van der Waals surface area contributed by atoms with Crippen molar-refractivity contribution in [2.75, 3.05) is 0 Å². The predicted molar refractivity (Wildman–Crippen MR) is 115 cm³/mol. The van der Waals surface area contributed by atoms with E-state index in [9.17, 15) is 5.11 Å². The van der Waals surface area contributed by atoms with Gasteiger partial charge in [0.25, 0.3) is 0 Å². The number of fused-ring (bicyclic) bond motifs is 7. The molecule has 5 aliphatic rings. The highest BCUT2D eigenvalue weighted by atomic mass is 16.3. The van der Waals surface area contributed by atoms with Crippen molar-refractivity contribution in [3.8, 4) is 0 Å². The minimum atomic E-state index is -0.279. The van der Waals surface area contributed by atoms with Crippen molar-refractivity contribution in [3.63, 3.8) is 0 Å². The monoisotopic (exact) mass is 412 g/mol. The lowest BCUT2D eigenvalue weighted by atomic mass is 9.49. The molecule has 0 aliphatic heterocycles. The summed E-state index contributed by atoms with van der Waals surface area (Å²) in [7, 11) is 0. The van der Waals surface area contributed by atoms with Crippen LogP contribution in [0.25, 0.3) is 0 Å². The summed E-state index contributed by atoms with van der Waals surface area (Å²) >= 11 is 0. The van der Waals surface area contributed by atoms with Gasteiger partial charge in [-0.15, -0.1) is 10.2 Å². The van der Waals surface area contributed by atoms with E-state index in [2.05, 4.69) is 36.2 Å². The lowest BCUT2D eigenvalue weighted by Crippen LogP contribution is -2.50. The Morgan fingerprint density at radius 3 is 2.53 bits per heavy atom. The molecule has 5 saturated carbocycles. The van der Waals surface area contributed by atoms with Gasteiger partial charge in [0.1, 0.15) is 0 Å². The largest absolute Gasteiger partial charge is 0.389 e. The van der Waals surface area contributed by atoms with Gasteiger partial charge < -0.3 is 5.11 Å². The Labute approximate surface area is 181 Å². The van der Waals surface area contributed by atoms with Gasteiger partial charge in [0.05, 0.1) is 12.1 Å². The first kappa shape index (κ1) is 19.7. The first-order valence-corrected chi connectivity index (χ1v) is 12.8. The van der Waals surface area contributed by atoms with E-state index < -0.39 is 0 Å². The summed E-state index contributed by atoms with van der Waals surface area (Å²) in [5.74, 6) is 7.87. The Bertz CT molecular complexity index is 824. The van der Waals surface area contributed by atoms with Crippen molar-refractivity contribution in [1.29, 1.82) is 0 Å². The molecule has 0 spiro atoms. The summed E-state index contributed by atoms with van der Waals surface area (Å²) in [4.78, 5) is 1.83. The van der Waals surface area contributed by atoms with Gasteiger partial charge in [0.2, 0.25) is 0 Å². The van der Waals surface area contributed by atoms with E-state index >= 15 is 0 Å². The van der Waals surface area contributed by atoms with Gasteiger partial charge >= 0.3 is 0 Å². The highest BCUT2D eigenvalue weighted by Crippen LogP contribution is 2.70. The van der Waals surface area contributed by atoms with Crippen LogP contribution in [-0.2, 0) is 6.54 Å². The van der Waals surface area contributed by atoms with Crippen LogP contribution in [0.5, 0.6) is 0 Å². The van der Waals surface area contributed by atoms with Crippen molar-refractivity contribution in [2.24, 2.45) is 58.7 Å². The number of hydrogen-bond acceptors (Lipinski definition) is 4. The minimum absolute atomic E-state index is 0.279. The van der Waals surface area contributed by atoms with Crippen LogP contribution in [0.15, 0.2) is 0 Å². The molecule has 5 nitrogen and oxygen atoms in total. The molecule has 0 amide bonds. The fourth-order valence-electron chi connectivity index (χ4n) is 10.00. The molecule has 1 aromatic heterocycles. The summed E-state index contributed by atoms with van der Waals surface area (Å²) < 4.78 is 0. The van der Waals surface area contributed by atoms with E-state index in [1.165, 1.54) is 44.9 Å². The van der Waals surface area contributed by atoms with E-state index in [4.69, 9.17) is 0 Å². The molecular formula is C25H40N4O. The average Bonchev–Trinajstić information content (AvgIpc) is 3.01. The third-order valence-corrected chi connectivity index (χ3v) is 11.3. The van der Waals surface area contributed by atoms with E-state index in [0.29, 0.717) is 23.2 Å². The molecule has 1 heterocycles. The van der Waals surface area contributed by atoms with Crippen LogP contribution in [0, 0.1) is 65.6 Å². The van der Waals surface area contributed by atoms with Crippen LogP contribution in [-0.4, -0.2) is 30.9 Å². The SMILES string of the molecule is Cc1nnn(C[C@@H](C)[C@H]2CC[C@H]3[C@@H]4CC[C@H]5C6[C@H](C)[C@@]6(O)CC[C@@H]5[C@H]4CC[C@]23C)n1. The molecule has 0 radical (unpaired) electrons. The van der Waals surface area contributed by atoms with E-state index in [-0.39, 0.29) is 5.60 Å². The molecule has 5 aliphatic carbocycles. The number of hydrogen-bond donors (Lipinski definition) is 1. The number of aryl methyl sites for hydroxylation is 1. The lowest BCUT2D eigenvalue weighted by Gasteiger charge is -2.56. The second kappa shape index (κ2) is 6.52. The summed E-state index contributed by atoms with van der Waals surface area (Å²) in [6, 6.07) is 0. The summed E-state index contributed by atoms with van der Waals surface area (Å²) in [6.45, 7) is 10.2. The van der Waals surface area contributed by atoms with E-state index in [1.807, 2.05) is 11.7 Å². The van der Waals surface area contributed by atoms with E-state index in [0.717, 1.165) is 54.3 Å². The first-order chi connectivity index (χ1) is 14.3. The maximum atomic E-state index is 10.9. The van der Waals surface area contributed by atoms with Gasteiger partial charge in [-0.3, -0.25) is 0 Å². The van der Waals surface area contributed by atoms with Gasteiger partial charge in [-0.25, -0.2) is 0 Å². The first-order valence-electron chi connectivity index (χ1n) is 12.8. The van der Waals surface area contributed by atoms with Crippen LogP contribution in [0.4, 0.5) is 0 Å². The van der Waals surface area contributed by atoms with Crippen molar-refractivity contribution in [2.45, 2.75) is 91.2 Å². The van der Waals surface area contributed by atoms with Gasteiger partial charge in [0, 0.05) is 0 Å². The van der Waals surface area contributed by atoms with Crippen LogP contribution in [0.2, 0.25) is 0 Å². The summed E-state index contributed by atoms with van der Waals surface area (Å²) in [5, 5.41) is 23.7. The Balaban J connectivity index is 1.19. The highest BCUT2D eigenvalue weighted by molar-refractivity contribution is 5.18. The molecule has 1 aromatic rings. The van der Waals surface area contributed by atoms with Crippen molar-refractivity contribution in [1.82, 2.24) is 20.2 Å². The Morgan fingerprint density at radius 1 is 1.03 bits per heavy atom. The second-order valence-corrected chi connectivity index (χ2v) is 12.3. The van der Waals surface area contributed by atoms with Gasteiger partial charge in [-0.05, 0) is 122 Å². The van der Waals surface area contributed by atoms with Crippen molar-refractivity contribution < 1.29 is 5.11 Å². The Morgan fingerprint density at radius 2 is 1.77 bits per heavy atom. The quantitative estimate of drug-likeness (QED) is 0.794. The number of aromatic nitrogens is 4. The topological polar surface area (TPSA) is 63.8 Å². The van der Waals surface area contributed by atoms with Gasteiger partial charge in [-0.1, -0.05) is 20.8 Å². The molecule has 6 rings (SSSR count). The molecule has 5 fully saturated rings. The maximum Gasteiger partial charge on any atom is 0.171 e. The zero-order chi connectivity index (χ0) is 20.8. The number of aliphatic hydroxyl groups is 1. The zero-order valence-electron chi connectivity index (χ0n) is 19.3. The smallest absolute Gasteiger partial charge is 0.171 e. The Kier molecular flexibility index (Phi) is 4.28. The predicted octanol–water partition coefficient (Wildman–Crippen LogP) is 4.49. The second-order valence-electron chi connectivity index (χ2n) is 12.3. The molecule has 30 heavy (non-hydrogen) atoms. The fraction of sp³-hybridized carbons (Fsp3) is 0.960. The minimum Gasteiger partial charge on any atom is -0.389 e. The fourth-order valence-corrected chi connectivity index (χ4v) is 10.00. The summed E-state index contributed by atoms with van der Waals surface area (Å²) in [6.07, 6.45) is 10.8. The molecule has 1 N–H and O–H groups in total. The maximum absolute atomic E-state index is 10.9. The van der Waals surface area contributed by atoms with Crippen LogP contribution >= 0.6 is 0 Å². The molecule has 0 bridgehead atoms. The van der Waals surface area contributed by atoms with Crippen LogP contribution in [0.3, 0.4) is 0 Å². The molecular weight excluding hydrogens is 372 g/mol. The standard InChI is InChI=1S/C25H40N4O/c1-14(13-29-27-16(3)26-28-29)21-7-8-22-19-5-6-20-18(17(19)9-11-24(21,22)4)10-12-25(30)15(2)23(20)25/h14-15,17-23,30H,5-13H2,1-4H3/t14-,15+,17-,18-,19-,20-,21-,22+,23?,24-,25+/m1/s1. The van der Waals surface area contributed by atoms with Crippen LogP contribution in [0.1, 0.15) is 78.0 Å². The zero-order valence-corrected chi connectivity index (χ0v) is 19.3. The molecule has 11 atom stereocenters. The van der Waals surface area contributed by atoms with Gasteiger partial charge in [-0.2, -0.15) is 4.80 Å². The third-order valence-electron chi connectivity index (χ3n) is 11.3. The van der Waals surface area contributed by atoms with Crippen molar-refractivity contribution >= 4 is 0 Å². The Hall–Kier alpha value is -0.970. The van der Waals surface area contributed by atoms with Gasteiger partial charge in [0.15, 0.2) is 5.82 Å². The van der Waals surface area contributed by atoms with Crippen LogP contribution < -0.4 is 0 Å². The average molecular weight is 413 g/mol. The molecule has 0 aromatic carbocycles. The molecule has 5 heteroatoms. The molecule has 0 saturated heterocycles. The number of tetrazole rings is 1. The lowest BCUT2D eigenvalue weighted by molar-refractivity contribution is -0.0847. The molecule has 166 valence electrons. The van der Waals surface area contributed by atoms with E-state index in [1.54, 1.807) is 0 Å². The summed E-state index contributed by atoms with van der Waals surface area (Å²) in [5.41, 5.74) is 0.212. The highest BCUT2D eigenvalue weighted by Gasteiger charge is 2.69. The number of nitrogens with zero attached hydrogens (tertiary/aromatic N) is 4. The number of rotatable bonds is 3. The van der Waals surface area contributed by atoms with Crippen molar-refractivity contribution in [3.05, 3.63) is 5.82 Å².